The fraction of sp³-hybridized carbons (Fsp3) is 0.283. The molecule has 0 bridgehead atoms. The molecule has 0 aromatic heterocycles. The number of carbonyl (C=O) groups excluding carboxylic acids is 4. The summed E-state index contributed by atoms with van der Waals surface area (Å²) in [6.45, 7) is -0.374. The fourth-order valence-electron chi connectivity index (χ4n) is 10.1. The van der Waals surface area contributed by atoms with Crippen LogP contribution in [0.25, 0.3) is 0 Å². The molecule has 2 saturated heterocycles. The molecule has 3 amide bonds. The fourth-order valence-corrected chi connectivity index (χ4v) is 10.1. The highest BCUT2D eigenvalue weighted by molar-refractivity contribution is 6.23. The molecule has 12 nitrogen and oxygen atoms in total. The maximum Gasteiger partial charge on any atom is 0.421 e. The number of allylic oxidation sites excluding steroid dienone is 2. The van der Waals surface area contributed by atoms with E-state index in [1.165, 1.54) is 19.2 Å². The van der Waals surface area contributed by atoms with Crippen LogP contribution in [-0.4, -0.2) is 71.9 Å². The number of hydrogen-bond donors (Lipinski definition) is 3. The first-order valence-corrected chi connectivity index (χ1v) is 22.0. The molecule has 65 heavy (non-hydrogen) atoms. The van der Waals surface area contributed by atoms with Crippen molar-refractivity contribution < 1.29 is 43.6 Å². The van der Waals surface area contributed by atoms with Gasteiger partial charge in [0.1, 0.15) is 29.9 Å². The zero-order valence-corrected chi connectivity index (χ0v) is 35.8. The molecule has 1 spiro atoms. The number of aliphatic hydroxyl groups is 1. The Kier molecular flexibility index (Phi) is 12.4. The summed E-state index contributed by atoms with van der Waals surface area (Å²) in [6.07, 6.45) is 2.94. The number of imide groups is 1. The third kappa shape index (κ3) is 7.97. The maximum absolute atomic E-state index is 16.2. The number of methoxy groups -OCH3 is 1. The van der Waals surface area contributed by atoms with Crippen LogP contribution < -0.4 is 10.2 Å². The lowest BCUT2D eigenvalue weighted by Gasteiger charge is -2.46. The average molecular weight is 872 g/mol. The van der Waals surface area contributed by atoms with Crippen LogP contribution in [0.4, 0.5) is 10.5 Å². The van der Waals surface area contributed by atoms with Crippen LogP contribution in [0.15, 0.2) is 145 Å². The van der Waals surface area contributed by atoms with Crippen LogP contribution in [0.5, 0.6) is 5.75 Å². The Balaban J connectivity index is 1.32. The van der Waals surface area contributed by atoms with Crippen molar-refractivity contribution in [1.29, 1.82) is 0 Å². The molecule has 0 unspecified atom stereocenters. The molecule has 12 heteroatoms. The van der Waals surface area contributed by atoms with E-state index in [1.807, 2.05) is 71.6 Å². The summed E-state index contributed by atoms with van der Waals surface area (Å²) in [6, 6.07) is 35.6. The molecule has 3 heterocycles. The predicted octanol–water partition coefficient (Wildman–Crippen LogP) is 7.54. The van der Waals surface area contributed by atoms with Crippen LogP contribution >= 0.6 is 0 Å². The number of fused-ring (bicyclic) bond motifs is 3. The maximum atomic E-state index is 16.2. The van der Waals surface area contributed by atoms with Gasteiger partial charge in [-0.3, -0.25) is 19.3 Å². The minimum atomic E-state index is -2.06. The number of aromatic hydroxyl groups is 1. The average Bonchev–Trinajstić information content (AvgIpc) is 3.80. The van der Waals surface area contributed by atoms with Crippen LogP contribution in [-0.2, 0) is 34.0 Å². The molecule has 3 aliphatic heterocycles. The van der Waals surface area contributed by atoms with Gasteiger partial charge in [-0.25, -0.2) is 9.69 Å². The largest absolute Gasteiger partial charge is 0.508 e. The van der Waals surface area contributed by atoms with Crippen molar-refractivity contribution in [3.63, 3.8) is 0 Å². The zero-order valence-electron chi connectivity index (χ0n) is 35.8. The summed E-state index contributed by atoms with van der Waals surface area (Å²) in [5.41, 5.74) is 2.35. The number of phenolic OH excluding ortho intramolecular Hbond substituents is 1. The number of benzene rings is 5. The van der Waals surface area contributed by atoms with E-state index in [2.05, 4.69) is 23.2 Å². The molecule has 5 aromatic carbocycles. The van der Waals surface area contributed by atoms with Gasteiger partial charge in [-0.05, 0) is 89.4 Å². The summed E-state index contributed by atoms with van der Waals surface area (Å²) in [5.74, 6) is 2.71. The molecule has 7 atom stereocenters. The van der Waals surface area contributed by atoms with E-state index in [-0.39, 0.29) is 36.8 Å². The van der Waals surface area contributed by atoms with E-state index in [1.54, 1.807) is 54.6 Å². The first-order chi connectivity index (χ1) is 31.7. The number of carbonyl (C=O) groups is 4. The number of amides is 3. The van der Waals surface area contributed by atoms with E-state index in [4.69, 9.17) is 14.2 Å². The number of nitrogens with zero attached hydrogens (tertiary/aromatic N) is 2. The Morgan fingerprint density at radius 2 is 1.52 bits per heavy atom. The summed E-state index contributed by atoms with van der Waals surface area (Å²) in [7, 11) is 1.46. The van der Waals surface area contributed by atoms with Gasteiger partial charge in [0.05, 0.1) is 36.4 Å². The molecule has 2 fully saturated rings. The van der Waals surface area contributed by atoms with Gasteiger partial charge in [0.25, 0.3) is 0 Å². The van der Waals surface area contributed by atoms with Gasteiger partial charge >= 0.3 is 12.1 Å². The quantitative estimate of drug-likeness (QED) is 0.0729. The van der Waals surface area contributed by atoms with Crippen molar-refractivity contribution in [2.75, 3.05) is 31.8 Å². The van der Waals surface area contributed by atoms with Crippen molar-refractivity contribution in [3.05, 3.63) is 178 Å². The standard InChI is InChI=1S/C53H49N3O9/c1-63-30-31-64-52(62)55-42-29-24-35(23-22-34-14-6-2-7-15-34)32-41(42)53(51(55)61)44(49(59)54-33-43(58)36-16-8-3-9-17-36)46-50(60)65-47(38-20-12-5-13-21-38)45(37-18-10-4-11-19-37)56(46)48(53)39-25-27-40(57)28-26-39/h3-5,8-14,16-21,24-29,32,43-48,57-58H,2,6-7,15,30-31,33H2,1H3,(H,54,59)/t43-,44-,45-,46-,47+,48+,53-/m0/s1. The van der Waals surface area contributed by atoms with E-state index >= 15 is 14.4 Å². The number of cyclic esters (lactones) is 1. The molecule has 5 aromatic rings. The topological polar surface area (TPSA) is 155 Å². The van der Waals surface area contributed by atoms with Gasteiger partial charge in [0.15, 0.2) is 0 Å². The highest BCUT2D eigenvalue weighted by Crippen LogP contribution is 2.66. The molecule has 0 radical (unpaired) electrons. The molecule has 3 N–H and O–H groups in total. The van der Waals surface area contributed by atoms with Crippen LogP contribution in [0.1, 0.15) is 83.4 Å². The van der Waals surface area contributed by atoms with Crippen LogP contribution in [0, 0.1) is 17.8 Å². The first kappa shape index (κ1) is 43.2. The summed E-state index contributed by atoms with van der Waals surface area (Å²) in [4.78, 5) is 64.3. The van der Waals surface area contributed by atoms with Crippen LogP contribution in [0.2, 0.25) is 0 Å². The van der Waals surface area contributed by atoms with Gasteiger partial charge < -0.3 is 29.7 Å². The number of esters is 1. The number of hydrogen-bond acceptors (Lipinski definition) is 10. The zero-order chi connectivity index (χ0) is 45.1. The summed E-state index contributed by atoms with van der Waals surface area (Å²) in [5, 5.41) is 25.0. The summed E-state index contributed by atoms with van der Waals surface area (Å²) < 4.78 is 17.4. The van der Waals surface area contributed by atoms with E-state index < -0.39 is 65.5 Å². The van der Waals surface area contributed by atoms with E-state index in [0.717, 1.165) is 41.7 Å². The number of ether oxygens (including phenoxy) is 3. The van der Waals surface area contributed by atoms with Crippen molar-refractivity contribution in [2.45, 2.75) is 61.4 Å². The highest BCUT2D eigenvalue weighted by Gasteiger charge is 2.75. The minimum Gasteiger partial charge on any atom is -0.508 e. The molecule has 9 rings (SSSR count). The molecular weight excluding hydrogens is 823 g/mol. The predicted molar refractivity (Wildman–Crippen MR) is 241 cm³/mol. The number of nitrogens with one attached hydrogen (secondary N) is 1. The van der Waals surface area contributed by atoms with Gasteiger partial charge in [0.2, 0.25) is 11.8 Å². The van der Waals surface area contributed by atoms with Crippen molar-refractivity contribution in [3.8, 4) is 17.6 Å². The number of anilines is 1. The smallest absolute Gasteiger partial charge is 0.421 e. The molecule has 0 saturated carbocycles. The number of aliphatic hydroxyl groups excluding tert-OH is 1. The van der Waals surface area contributed by atoms with Gasteiger partial charge in [-0.2, -0.15) is 0 Å². The highest BCUT2D eigenvalue weighted by atomic mass is 16.6. The summed E-state index contributed by atoms with van der Waals surface area (Å²) >= 11 is 0. The van der Waals surface area contributed by atoms with Crippen molar-refractivity contribution in [1.82, 2.24) is 10.2 Å². The Bertz CT molecular complexity index is 2660. The Morgan fingerprint density at radius 3 is 2.20 bits per heavy atom. The second-order valence-corrected chi connectivity index (χ2v) is 16.7. The SMILES string of the molecule is COCCOC(=O)N1C(=O)[C@@]2(c3cc(C#CC4=CCCCC4)ccc31)[C@H](C(=O)NC[C@H](O)c1ccccc1)[C@H]1C(=O)O[C@H](c3ccccc3)[C@H](c3ccccc3)N1[C@@H]2c1ccc(O)cc1. The lowest BCUT2D eigenvalue weighted by molar-refractivity contribution is -0.178. The van der Waals surface area contributed by atoms with Gasteiger partial charge in [0, 0.05) is 19.2 Å². The number of morpholine rings is 1. The van der Waals surface area contributed by atoms with Crippen molar-refractivity contribution in [2.24, 2.45) is 5.92 Å². The van der Waals surface area contributed by atoms with Crippen molar-refractivity contribution >= 4 is 29.6 Å². The van der Waals surface area contributed by atoms with E-state index in [0.29, 0.717) is 22.3 Å². The Morgan fingerprint density at radius 1 is 0.831 bits per heavy atom. The number of rotatable bonds is 10. The third-order valence-corrected chi connectivity index (χ3v) is 13.0. The van der Waals surface area contributed by atoms with Gasteiger partial charge in [-0.1, -0.05) is 121 Å². The third-order valence-electron chi connectivity index (χ3n) is 13.0. The lowest BCUT2D eigenvalue weighted by atomic mass is 9.65. The Labute approximate surface area is 377 Å². The normalized spacial score (nSPS) is 23.9. The second-order valence-electron chi connectivity index (χ2n) is 16.7. The molecule has 330 valence electrons. The van der Waals surface area contributed by atoms with Crippen LogP contribution in [0.3, 0.4) is 0 Å². The van der Waals surface area contributed by atoms with Gasteiger partial charge in [-0.15, -0.1) is 0 Å². The molecule has 1 aliphatic carbocycles. The van der Waals surface area contributed by atoms with E-state index in [9.17, 15) is 15.0 Å². The molecule has 4 aliphatic rings. The lowest BCUT2D eigenvalue weighted by Crippen LogP contribution is -2.56. The second kappa shape index (κ2) is 18.6. The monoisotopic (exact) mass is 871 g/mol. The minimum absolute atomic E-state index is 0.0440. The first-order valence-electron chi connectivity index (χ1n) is 22.0. The Hall–Kier alpha value is -7.04. The molecular formula is C53H49N3O9. The number of phenols is 1.